The molecule has 0 aliphatic carbocycles. The zero-order valence-electron chi connectivity index (χ0n) is 10.4. The summed E-state index contributed by atoms with van der Waals surface area (Å²) in [4.78, 5) is 1.07. The minimum absolute atomic E-state index is 0.139. The van der Waals surface area contributed by atoms with Crippen LogP contribution in [-0.2, 0) is 0 Å². The predicted octanol–water partition coefficient (Wildman–Crippen LogP) is 6.42. The summed E-state index contributed by atoms with van der Waals surface area (Å²) in [5.41, 5.74) is 4.91. The maximum atomic E-state index is 6.61. The van der Waals surface area contributed by atoms with Gasteiger partial charge in [-0.25, -0.2) is 0 Å². The van der Waals surface area contributed by atoms with Gasteiger partial charge in [0.1, 0.15) is 4.34 Å². The number of benzene rings is 1. The molecule has 0 saturated carbocycles. The molecule has 1 atom stereocenters. The number of thiophene rings is 1. The summed E-state index contributed by atoms with van der Waals surface area (Å²) in [6, 6.07) is 6.34. The first-order valence-electron chi connectivity index (χ1n) is 5.56. The van der Waals surface area contributed by atoms with Gasteiger partial charge in [0.25, 0.3) is 0 Å². The Bertz CT molecular complexity index is 547. The van der Waals surface area contributed by atoms with E-state index in [1.54, 1.807) is 0 Å². The van der Waals surface area contributed by atoms with E-state index < -0.39 is 0 Å². The first-order chi connectivity index (χ1) is 8.40. The molecule has 0 aliphatic rings. The van der Waals surface area contributed by atoms with Gasteiger partial charge in [-0.05, 0) is 59.5 Å². The van der Waals surface area contributed by atoms with Crippen LogP contribution in [0, 0.1) is 20.8 Å². The van der Waals surface area contributed by atoms with Crippen LogP contribution in [0.3, 0.4) is 0 Å². The smallest absolute Gasteiger partial charge is 0.107 e. The van der Waals surface area contributed by atoms with Gasteiger partial charge in [0.05, 0.1) is 5.38 Å². The normalized spacial score (nSPS) is 12.8. The van der Waals surface area contributed by atoms with Crippen LogP contribution in [-0.4, -0.2) is 0 Å². The molecule has 1 unspecified atom stereocenters. The summed E-state index contributed by atoms with van der Waals surface area (Å²) in [5, 5.41) is -0.139. The van der Waals surface area contributed by atoms with Crippen LogP contribution >= 0.6 is 50.5 Å². The second-order valence-corrected chi connectivity index (χ2v) is 7.42. The van der Waals surface area contributed by atoms with E-state index in [0.29, 0.717) is 0 Å². The molecule has 0 N–H and O–H groups in total. The van der Waals surface area contributed by atoms with Gasteiger partial charge in [-0.2, -0.15) is 0 Å². The van der Waals surface area contributed by atoms with Gasteiger partial charge in [-0.3, -0.25) is 0 Å². The van der Waals surface area contributed by atoms with Crippen molar-refractivity contribution in [1.29, 1.82) is 0 Å². The molecule has 0 spiro atoms. The van der Waals surface area contributed by atoms with Crippen LogP contribution in [0.15, 0.2) is 22.7 Å². The summed E-state index contributed by atoms with van der Waals surface area (Å²) >= 11 is 17.6. The Labute approximate surface area is 130 Å². The molecule has 0 nitrogen and oxygen atoms in total. The maximum Gasteiger partial charge on any atom is 0.107 e. The van der Waals surface area contributed by atoms with Crippen LogP contribution in [0.5, 0.6) is 0 Å². The quantitative estimate of drug-likeness (QED) is 0.540. The monoisotopic (exact) mass is 362 g/mol. The molecule has 2 rings (SSSR count). The number of alkyl halides is 1. The summed E-state index contributed by atoms with van der Waals surface area (Å²) in [7, 11) is 0. The molecule has 1 aromatic carbocycles. The maximum absolute atomic E-state index is 6.61. The average Bonchev–Trinajstić information content (AvgIpc) is 2.57. The third kappa shape index (κ3) is 2.77. The largest absolute Gasteiger partial charge is 0.125 e. The fourth-order valence-electron chi connectivity index (χ4n) is 2.22. The van der Waals surface area contributed by atoms with Crippen LogP contribution in [0.1, 0.15) is 32.5 Å². The van der Waals surface area contributed by atoms with Gasteiger partial charge < -0.3 is 0 Å². The number of hydrogen-bond acceptors (Lipinski definition) is 1. The fraction of sp³-hybridized carbons (Fsp3) is 0.286. The van der Waals surface area contributed by atoms with E-state index in [-0.39, 0.29) is 5.38 Å². The van der Waals surface area contributed by atoms with Crippen molar-refractivity contribution in [3.8, 4) is 0 Å². The van der Waals surface area contributed by atoms with E-state index in [2.05, 4.69) is 48.8 Å². The third-order valence-corrected chi connectivity index (χ3v) is 6.03. The molecule has 0 fully saturated rings. The van der Waals surface area contributed by atoms with Crippen molar-refractivity contribution < 1.29 is 0 Å². The SMILES string of the molecule is Cc1cc(C)c(C(Cl)c2cc(Br)c(Cl)s2)c(C)c1. The lowest BCUT2D eigenvalue weighted by Gasteiger charge is -2.15. The number of hydrogen-bond donors (Lipinski definition) is 0. The standard InChI is InChI=1S/C14H13BrCl2S/c1-7-4-8(2)12(9(3)5-7)13(16)11-6-10(15)14(17)18-11/h4-6,13H,1-3H3. The Morgan fingerprint density at radius 3 is 2.11 bits per heavy atom. The molecule has 1 aromatic heterocycles. The second-order valence-electron chi connectivity index (χ2n) is 4.45. The predicted molar refractivity (Wildman–Crippen MR) is 85.4 cm³/mol. The topological polar surface area (TPSA) is 0 Å². The molecule has 0 bridgehead atoms. The minimum atomic E-state index is -0.139. The van der Waals surface area contributed by atoms with Crippen molar-refractivity contribution >= 4 is 50.5 Å². The van der Waals surface area contributed by atoms with Gasteiger partial charge in [0.2, 0.25) is 0 Å². The van der Waals surface area contributed by atoms with E-state index >= 15 is 0 Å². The van der Waals surface area contributed by atoms with Crippen molar-refractivity contribution in [2.24, 2.45) is 0 Å². The molecular formula is C14H13BrCl2S. The molecular weight excluding hydrogens is 351 g/mol. The van der Waals surface area contributed by atoms with Crippen LogP contribution in [0.2, 0.25) is 4.34 Å². The Kier molecular flexibility index (Phi) is 4.43. The zero-order chi connectivity index (χ0) is 13.4. The van der Waals surface area contributed by atoms with Gasteiger partial charge in [0, 0.05) is 9.35 Å². The lowest BCUT2D eigenvalue weighted by atomic mass is 9.96. The van der Waals surface area contributed by atoms with Gasteiger partial charge >= 0.3 is 0 Å². The highest BCUT2D eigenvalue weighted by molar-refractivity contribution is 9.10. The first kappa shape index (κ1) is 14.4. The van der Waals surface area contributed by atoms with Crippen LogP contribution in [0.25, 0.3) is 0 Å². The van der Waals surface area contributed by atoms with Crippen molar-refractivity contribution in [2.45, 2.75) is 26.1 Å². The van der Waals surface area contributed by atoms with E-state index in [0.717, 1.165) is 13.7 Å². The molecule has 1 heterocycles. The number of aryl methyl sites for hydroxylation is 3. The molecule has 2 aromatic rings. The zero-order valence-corrected chi connectivity index (χ0v) is 14.3. The molecule has 18 heavy (non-hydrogen) atoms. The summed E-state index contributed by atoms with van der Waals surface area (Å²) < 4.78 is 1.66. The Morgan fingerprint density at radius 2 is 1.67 bits per heavy atom. The van der Waals surface area contributed by atoms with E-state index in [4.69, 9.17) is 23.2 Å². The second kappa shape index (κ2) is 5.54. The third-order valence-electron chi connectivity index (χ3n) is 2.91. The highest BCUT2D eigenvalue weighted by Crippen LogP contribution is 2.42. The van der Waals surface area contributed by atoms with E-state index in [9.17, 15) is 0 Å². The van der Waals surface area contributed by atoms with Crippen molar-refractivity contribution in [2.75, 3.05) is 0 Å². The summed E-state index contributed by atoms with van der Waals surface area (Å²) in [5.74, 6) is 0. The molecule has 0 saturated heterocycles. The van der Waals surface area contributed by atoms with Crippen molar-refractivity contribution in [3.63, 3.8) is 0 Å². The van der Waals surface area contributed by atoms with E-state index in [1.165, 1.54) is 33.6 Å². The minimum Gasteiger partial charge on any atom is -0.125 e. The van der Waals surface area contributed by atoms with Crippen molar-refractivity contribution in [1.82, 2.24) is 0 Å². The highest BCUT2D eigenvalue weighted by atomic mass is 79.9. The Morgan fingerprint density at radius 1 is 1.11 bits per heavy atom. The Hall–Kier alpha value is -0.0200. The molecule has 0 amide bonds. The van der Waals surface area contributed by atoms with Gasteiger partial charge in [-0.1, -0.05) is 29.3 Å². The van der Waals surface area contributed by atoms with Crippen LogP contribution < -0.4 is 0 Å². The fourth-order valence-corrected chi connectivity index (χ4v) is 4.49. The summed E-state index contributed by atoms with van der Waals surface area (Å²) in [6.07, 6.45) is 0. The number of halogens is 3. The lowest BCUT2D eigenvalue weighted by molar-refractivity contribution is 1.10. The first-order valence-corrected chi connectivity index (χ1v) is 7.99. The van der Waals surface area contributed by atoms with Crippen molar-refractivity contribution in [3.05, 3.63) is 54.1 Å². The average molecular weight is 364 g/mol. The summed E-state index contributed by atoms with van der Waals surface area (Å²) in [6.45, 7) is 6.32. The Balaban J connectivity index is 2.49. The highest BCUT2D eigenvalue weighted by Gasteiger charge is 2.19. The molecule has 4 heteroatoms. The van der Waals surface area contributed by atoms with Crippen LogP contribution in [0.4, 0.5) is 0 Å². The lowest BCUT2D eigenvalue weighted by Crippen LogP contribution is -1.98. The molecule has 96 valence electrons. The van der Waals surface area contributed by atoms with Gasteiger partial charge in [-0.15, -0.1) is 22.9 Å². The van der Waals surface area contributed by atoms with Gasteiger partial charge in [0.15, 0.2) is 0 Å². The molecule has 0 aliphatic heterocycles. The number of rotatable bonds is 2. The molecule has 0 radical (unpaired) electrons. The van der Waals surface area contributed by atoms with E-state index in [1.807, 2.05) is 6.07 Å².